The minimum Gasteiger partial charge on any atom is -0.487 e. The van der Waals surface area contributed by atoms with E-state index in [0.29, 0.717) is 5.56 Å². The molecule has 1 aromatic carbocycles. The molecule has 0 aliphatic carbocycles. The number of nitrogens with zero attached hydrogens (tertiary/aromatic N) is 1. The standard InChI is InChI=1S/C18H18N2O2/c1-10-5-12(7-13-8-18(3,4)22-16(10)13)14-6-11(2)20-17(21)15(14)9-19/h5-7H,8H2,1-4H3,(H,20,21). The number of fused-ring (bicyclic) bond motifs is 1. The molecular weight excluding hydrogens is 276 g/mol. The van der Waals surface area contributed by atoms with Crippen molar-refractivity contribution in [2.45, 2.75) is 39.7 Å². The van der Waals surface area contributed by atoms with E-state index in [4.69, 9.17) is 4.74 Å². The highest BCUT2D eigenvalue weighted by atomic mass is 16.5. The van der Waals surface area contributed by atoms with E-state index in [1.54, 1.807) is 0 Å². The summed E-state index contributed by atoms with van der Waals surface area (Å²) in [5.41, 5.74) is 4.07. The van der Waals surface area contributed by atoms with Crippen LogP contribution in [0.2, 0.25) is 0 Å². The maximum absolute atomic E-state index is 12.0. The monoisotopic (exact) mass is 294 g/mol. The van der Waals surface area contributed by atoms with Gasteiger partial charge in [-0.15, -0.1) is 0 Å². The Labute approximate surface area is 129 Å². The van der Waals surface area contributed by atoms with E-state index in [0.717, 1.165) is 34.6 Å². The number of H-pyrrole nitrogens is 1. The van der Waals surface area contributed by atoms with Crippen LogP contribution >= 0.6 is 0 Å². The maximum atomic E-state index is 12.0. The van der Waals surface area contributed by atoms with Gasteiger partial charge < -0.3 is 9.72 Å². The van der Waals surface area contributed by atoms with Crippen LogP contribution in [0.5, 0.6) is 5.75 Å². The molecule has 0 fully saturated rings. The van der Waals surface area contributed by atoms with Gasteiger partial charge in [-0.2, -0.15) is 5.26 Å². The van der Waals surface area contributed by atoms with E-state index in [-0.39, 0.29) is 16.7 Å². The molecule has 4 nitrogen and oxygen atoms in total. The van der Waals surface area contributed by atoms with E-state index >= 15 is 0 Å². The van der Waals surface area contributed by atoms with E-state index in [2.05, 4.69) is 18.8 Å². The van der Waals surface area contributed by atoms with Gasteiger partial charge in [-0.1, -0.05) is 0 Å². The van der Waals surface area contributed by atoms with Crippen molar-refractivity contribution in [3.63, 3.8) is 0 Å². The van der Waals surface area contributed by atoms with E-state index in [9.17, 15) is 10.1 Å². The van der Waals surface area contributed by atoms with Crippen LogP contribution in [0.15, 0.2) is 23.0 Å². The van der Waals surface area contributed by atoms with Gasteiger partial charge in [-0.3, -0.25) is 4.79 Å². The molecule has 0 bridgehead atoms. The fourth-order valence-electron chi connectivity index (χ4n) is 3.08. The lowest BCUT2D eigenvalue weighted by atomic mass is 9.94. The summed E-state index contributed by atoms with van der Waals surface area (Å²) >= 11 is 0. The number of nitriles is 1. The second kappa shape index (κ2) is 4.74. The van der Waals surface area contributed by atoms with Gasteiger partial charge in [-0.25, -0.2) is 0 Å². The van der Waals surface area contributed by atoms with Crippen molar-refractivity contribution in [1.29, 1.82) is 5.26 Å². The Balaban J connectivity index is 2.23. The number of ether oxygens (including phenoxy) is 1. The summed E-state index contributed by atoms with van der Waals surface area (Å²) in [4.78, 5) is 14.7. The fourth-order valence-corrected chi connectivity index (χ4v) is 3.08. The Hall–Kier alpha value is -2.54. The summed E-state index contributed by atoms with van der Waals surface area (Å²) in [5.74, 6) is 0.925. The third kappa shape index (κ3) is 2.29. The molecule has 22 heavy (non-hydrogen) atoms. The van der Waals surface area contributed by atoms with Crippen LogP contribution in [-0.4, -0.2) is 10.6 Å². The maximum Gasteiger partial charge on any atom is 0.266 e. The molecule has 1 aliphatic heterocycles. The molecule has 0 spiro atoms. The molecule has 0 saturated carbocycles. The normalized spacial score (nSPS) is 15.0. The average Bonchev–Trinajstić information content (AvgIpc) is 2.72. The predicted molar refractivity (Wildman–Crippen MR) is 85.1 cm³/mol. The summed E-state index contributed by atoms with van der Waals surface area (Å²) in [6.07, 6.45) is 0.821. The van der Waals surface area contributed by atoms with E-state index in [1.807, 2.05) is 38.1 Å². The Morgan fingerprint density at radius 2 is 2.00 bits per heavy atom. The molecule has 0 atom stereocenters. The Morgan fingerprint density at radius 1 is 1.27 bits per heavy atom. The van der Waals surface area contributed by atoms with Crippen molar-refractivity contribution < 1.29 is 4.74 Å². The summed E-state index contributed by atoms with van der Waals surface area (Å²) in [7, 11) is 0. The SMILES string of the molecule is Cc1cc(-c2cc(C)c3c(c2)CC(C)(C)O3)c(C#N)c(=O)[nH]1. The Bertz CT molecular complexity index is 870. The molecule has 2 heterocycles. The number of aromatic amines is 1. The molecular formula is C18H18N2O2. The predicted octanol–water partition coefficient (Wildman–Crippen LogP) is 3.24. The number of hydrogen-bond acceptors (Lipinski definition) is 3. The molecule has 0 radical (unpaired) electrons. The zero-order chi connectivity index (χ0) is 16.1. The van der Waals surface area contributed by atoms with Crippen LogP contribution in [0, 0.1) is 25.2 Å². The van der Waals surface area contributed by atoms with Crippen molar-refractivity contribution >= 4 is 0 Å². The number of nitrogens with one attached hydrogen (secondary N) is 1. The summed E-state index contributed by atoms with van der Waals surface area (Å²) in [5, 5.41) is 9.30. The lowest BCUT2D eigenvalue weighted by Gasteiger charge is -2.17. The van der Waals surface area contributed by atoms with Crippen molar-refractivity contribution in [2.75, 3.05) is 0 Å². The van der Waals surface area contributed by atoms with Crippen molar-refractivity contribution in [1.82, 2.24) is 4.98 Å². The molecule has 3 rings (SSSR count). The van der Waals surface area contributed by atoms with Crippen LogP contribution < -0.4 is 10.3 Å². The third-order valence-corrected chi connectivity index (χ3v) is 3.94. The first kappa shape index (κ1) is 14.4. The molecule has 0 amide bonds. The highest BCUT2D eigenvalue weighted by Gasteiger charge is 2.31. The smallest absolute Gasteiger partial charge is 0.266 e. The van der Waals surface area contributed by atoms with Gasteiger partial charge in [0.1, 0.15) is 23.0 Å². The summed E-state index contributed by atoms with van der Waals surface area (Å²) in [6.45, 7) is 7.93. The van der Waals surface area contributed by atoms with Gasteiger partial charge in [0.05, 0.1) is 0 Å². The van der Waals surface area contributed by atoms with Gasteiger partial charge >= 0.3 is 0 Å². The number of aryl methyl sites for hydroxylation is 2. The molecule has 112 valence electrons. The molecule has 4 heteroatoms. The topological polar surface area (TPSA) is 65.9 Å². The second-order valence-electron chi connectivity index (χ2n) is 6.50. The molecule has 0 unspecified atom stereocenters. The molecule has 2 aromatic rings. The lowest BCUT2D eigenvalue weighted by Crippen LogP contribution is -2.24. The quantitative estimate of drug-likeness (QED) is 0.878. The van der Waals surface area contributed by atoms with Gasteiger partial charge in [0.15, 0.2) is 0 Å². The fraction of sp³-hybridized carbons (Fsp3) is 0.333. The van der Waals surface area contributed by atoms with Crippen molar-refractivity contribution in [2.24, 2.45) is 0 Å². The van der Waals surface area contributed by atoms with Crippen molar-refractivity contribution in [3.05, 3.63) is 50.9 Å². The second-order valence-corrected chi connectivity index (χ2v) is 6.50. The number of pyridine rings is 1. The summed E-state index contributed by atoms with van der Waals surface area (Å²) < 4.78 is 5.99. The zero-order valence-electron chi connectivity index (χ0n) is 13.2. The Kier molecular flexibility index (Phi) is 3.10. The van der Waals surface area contributed by atoms with Gasteiger partial charge in [0.25, 0.3) is 5.56 Å². The van der Waals surface area contributed by atoms with Crippen LogP contribution in [0.3, 0.4) is 0 Å². The van der Waals surface area contributed by atoms with Crippen LogP contribution in [0.1, 0.15) is 36.2 Å². The first-order valence-electron chi connectivity index (χ1n) is 7.28. The Morgan fingerprint density at radius 3 is 2.68 bits per heavy atom. The minimum atomic E-state index is -0.341. The molecule has 0 saturated heterocycles. The minimum absolute atomic E-state index is 0.156. The summed E-state index contributed by atoms with van der Waals surface area (Å²) in [6, 6.07) is 7.88. The molecule has 1 aliphatic rings. The van der Waals surface area contributed by atoms with Crippen LogP contribution in [-0.2, 0) is 6.42 Å². The molecule has 1 aromatic heterocycles. The number of benzene rings is 1. The van der Waals surface area contributed by atoms with Crippen LogP contribution in [0.25, 0.3) is 11.1 Å². The van der Waals surface area contributed by atoms with Gasteiger partial charge in [0, 0.05) is 17.7 Å². The van der Waals surface area contributed by atoms with E-state index in [1.165, 1.54) is 0 Å². The number of rotatable bonds is 1. The molecule has 1 N–H and O–H groups in total. The van der Waals surface area contributed by atoms with Gasteiger partial charge in [0.2, 0.25) is 0 Å². The van der Waals surface area contributed by atoms with Crippen molar-refractivity contribution in [3.8, 4) is 22.9 Å². The highest BCUT2D eigenvalue weighted by Crippen LogP contribution is 2.40. The van der Waals surface area contributed by atoms with Gasteiger partial charge in [-0.05, 0) is 62.6 Å². The van der Waals surface area contributed by atoms with E-state index < -0.39 is 0 Å². The zero-order valence-corrected chi connectivity index (χ0v) is 13.2. The lowest BCUT2D eigenvalue weighted by molar-refractivity contribution is 0.137. The first-order chi connectivity index (χ1) is 10.3. The third-order valence-electron chi connectivity index (χ3n) is 3.94. The highest BCUT2D eigenvalue weighted by molar-refractivity contribution is 5.73. The number of hydrogen-bond donors (Lipinski definition) is 1. The van der Waals surface area contributed by atoms with Crippen LogP contribution in [0.4, 0.5) is 0 Å². The largest absolute Gasteiger partial charge is 0.487 e. The first-order valence-corrected chi connectivity index (χ1v) is 7.28. The average molecular weight is 294 g/mol. The number of aromatic nitrogens is 1.